The second-order valence-corrected chi connectivity index (χ2v) is 7.26. The first-order chi connectivity index (χ1) is 11.8. The number of carbonyl (C=O) groups excluding carboxylic acids is 1. The van der Waals surface area contributed by atoms with Gasteiger partial charge in [-0.15, -0.1) is 0 Å². The molecule has 0 aliphatic carbocycles. The van der Waals surface area contributed by atoms with E-state index in [1.807, 2.05) is 25.1 Å². The number of likely N-dealkylation sites (tertiary alicyclic amines) is 2. The lowest BCUT2D eigenvalue weighted by Gasteiger charge is -2.42. The van der Waals surface area contributed by atoms with E-state index in [0.29, 0.717) is 39.2 Å². The van der Waals surface area contributed by atoms with E-state index < -0.39 is 11.3 Å². The molecule has 3 heterocycles. The highest BCUT2D eigenvalue weighted by Gasteiger charge is 2.56. The van der Waals surface area contributed by atoms with E-state index in [2.05, 4.69) is 4.98 Å². The summed E-state index contributed by atoms with van der Waals surface area (Å²) in [5, 5.41) is 0. The summed E-state index contributed by atoms with van der Waals surface area (Å²) >= 11 is 0. The van der Waals surface area contributed by atoms with Crippen LogP contribution in [0, 0.1) is 12.3 Å². The van der Waals surface area contributed by atoms with Crippen LogP contribution in [-0.4, -0.2) is 66.5 Å². The average Bonchev–Trinajstić information content (AvgIpc) is 2.79. The summed E-state index contributed by atoms with van der Waals surface area (Å²) in [7, 11) is 1.57. The fraction of sp³-hybridized carbons (Fsp3) is 0.667. The van der Waals surface area contributed by atoms with E-state index in [9.17, 15) is 13.6 Å². The summed E-state index contributed by atoms with van der Waals surface area (Å²) < 4.78 is 33.9. The standard InChI is InChI=1S/C18H25F2N3O2/c1-14-4-3-5-15(21-14)10-22-12-17(11-18(19,20)13-22)6-7-23(16(17)24)8-9-25-2/h3-5H,6-13H2,1-2H3. The summed E-state index contributed by atoms with van der Waals surface area (Å²) in [6.45, 7) is 3.66. The third kappa shape index (κ3) is 3.98. The van der Waals surface area contributed by atoms with Crippen LogP contribution < -0.4 is 0 Å². The molecule has 0 aromatic carbocycles. The Hall–Kier alpha value is -1.60. The lowest BCUT2D eigenvalue weighted by molar-refractivity contribution is -0.155. The van der Waals surface area contributed by atoms with Crippen molar-refractivity contribution in [1.82, 2.24) is 14.8 Å². The van der Waals surface area contributed by atoms with Crippen molar-refractivity contribution in [3.63, 3.8) is 0 Å². The third-order valence-electron chi connectivity index (χ3n) is 5.08. The SMILES string of the molecule is COCCN1CCC2(CN(Cc3cccc(C)n3)CC(F)(F)C2)C1=O. The topological polar surface area (TPSA) is 45.7 Å². The van der Waals surface area contributed by atoms with Gasteiger partial charge in [-0.25, -0.2) is 8.78 Å². The number of hydrogen-bond donors (Lipinski definition) is 0. The molecule has 2 saturated heterocycles. The number of nitrogens with zero attached hydrogens (tertiary/aromatic N) is 3. The molecular weight excluding hydrogens is 328 g/mol. The van der Waals surface area contributed by atoms with Crippen LogP contribution in [-0.2, 0) is 16.1 Å². The molecule has 0 saturated carbocycles. The van der Waals surface area contributed by atoms with Gasteiger partial charge in [-0.1, -0.05) is 6.07 Å². The number of ether oxygens (including phenoxy) is 1. The highest BCUT2D eigenvalue weighted by atomic mass is 19.3. The summed E-state index contributed by atoms with van der Waals surface area (Å²) in [4.78, 5) is 20.6. The third-order valence-corrected chi connectivity index (χ3v) is 5.08. The lowest BCUT2D eigenvalue weighted by atomic mass is 9.77. The number of amides is 1. The van der Waals surface area contributed by atoms with E-state index >= 15 is 0 Å². The Balaban J connectivity index is 1.76. The van der Waals surface area contributed by atoms with Gasteiger partial charge in [0, 0.05) is 45.4 Å². The van der Waals surface area contributed by atoms with Crippen molar-refractivity contribution >= 4 is 5.91 Å². The van der Waals surface area contributed by atoms with Crippen LogP contribution in [0.2, 0.25) is 0 Å². The average molecular weight is 353 g/mol. The number of halogens is 2. The van der Waals surface area contributed by atoms with Crippen molar-refractivity contribution in [3.05, 3.63) is 29.6 Å². The van der Waals surface area contributed by atoms with Gasteiger partial charge in [0.1, 0.15) is 0 Å². The number of rotatable bonds is 5. The maximum atomic E-state index is 14.4. The van der Waals surface area contributed by atoms with E-state index in [4.69, 9.17) is 4.74 Å². The van der Waals surface area contributed by atoms with Gasteiger partial charge in [-0.05, 0) is 25.5 Å². The van der Waals surface area contributed by atoms with Crippen molar-refractivity contribution < 1.29 is 18.3 Å². The fourth-order valence-corrected chi connectivity index (χ4v) is 4.06. The van der Waals surface area contributed by atoms with Crippen LogP contribution in [0.3, 0.4) is 0 Å². The maximum Gasteiger partial charge on any atom is 0.261 e. The van der Waals surface area contributed by atoms with Gasteiger partial charge in [-0.3, -0.25) is 14.7 Å². The zero-order valence-electron chi connectivity index (χ0n) is 14.8. The first kappa shape index (κ1) is 18.2. The molecule has 0 radical (unpaired) electrons. The first-order valence-electron chi connectivity index (χ1n) is 8.65. The highest BCUT2D eigenvalue weighted by Crippen LogP contribution is 2.45. The number of aromatic nitrogens is 1. The predicted octanol–water partition coefficient (Wildman–Crippen LogP) is 2.10. The zero-order chi connectivity index (χ0) is 18.1. The van der Waals surface area contributed by atoms with Gasteiger partial charge in [0.15, 0.2) is 0 Å². The lowest BCUT2D eigenvalue weighted by Crippen LogP contribution is -2.55. The minimum atomic E-state index is -2.87. The van der Waals surface area contributed by atoms with Gasteiger partial charge in [0.2, 0.25) is 5.91 Å². The number of pyridine rings is 1. The van der Waals surface area contributed by atoms with Crippen LogP contribution in [0.5, 0.6) is 0 Å². The van der Waals surface area contributed by atoms with Crippen LogP contribution in [0.1, 0.15) is 24.2 Å². The van der Waals surface area contributed by atoms with Gasteiger partial charge in [0.05, 0.1) is 24.3 Å². The number of methoxy groups -OCH3 is 1. The van der Waals surface area contributed by atoms with Crippen LogP contribution in [0.15, 0.2) is 18.2 Å². The molecule has 2 fully saturated rings. The van der Waals surface area contributed by atoms with E-state index in [1.165, 1.54) is 0 Å². The van der Waals surface area contributed by atoms with Crippen molar-refractivity contribution in [2.45, 2.75) is 32.2 Å². The Bertz CT molecular complexity index is 641. The normalized spacial score (nSPS) is 26.6. The quantitative estimate of drug-likeness (QED) is 0.813. The van der Waals surface area contributed by atoms with E-state index in [1.54, 1.807) is 16.9 Å². The molecule has 0 bridgehead atoms. The second kappa shape index (κ2) is 6.96. The Morgan fingerprint density at radius 3 is 2.84 bits per heavy atom. The van der Waals surface area contributed by atoms with E-state index in [-0.39, 0.29) is 18.9 Å². The van der Waals surface area contributed by atoms with Crippen molar-refractivity contribution in [1.29, 1.82) is 0 Å². The number of alkyl halides is 2. The smallest absolute Gasteiger partial charge is 0.261 e. The van der Waals surface area contributed by atoms with Crippen LogP contribution in [0.4, 0.5) is 8.78 Å². The van der Waals surface area contributed by atoms with Gasteiger partial charge >= 0.3 is 0 Å². The number of aryl methyl sites for hydroxylation is 1. The fourth-order valence-electron chi connectivity index (χ4n) is 4.06. The molecule has 1 amide bonds. The molecule has 1 spiro atoms. The van der Waals surface area contributed by atoms with Crippen molar-refractivity contribution in [2.75, 3.05) is 39.9 Å². The molecule has 1 aromatic rings. The minimum Gasteiger partial charge on any atom is -0.383 e. The molecule has 7 heteroatoms. The van der Waals surface area contributed by atoms with Crippen LogP contribution >= 0.6 is 0 Å². The zero-order valence-corrected chi connectivity index (χ0v) is 14.8. The van der Waals surface area contributed by atoms with Gasteiger partial charge in [-0.2, -0.15) is 0 Å². The summed E-state index contributed by atoms with van der Waals surface area (Å²) in [6, 6.07) is 5.60. The molecule has 2 aliphatic rings. The molecule has 138 valence electrons. The number of hydrogen-bond acceptors (Lipinski definition) is 4. The minimum absolute atomic E-state index is 0.161. The molecule has 1 atom stereocenters. The molecule has 1 aromatic heterocycles. The molecular formula is C18H25F2N3O2. The summed E-state index contributed by atoms with van der Waals surface area (Å²) in [6.07, 6.45) is 0.114. The molecule has 5 nitrogen and oxygen atoms in total. The first-order valence-corrected chi connectivity index (χ1v) is 8.65. The highest BCUT2D eigenvalue weighted by molar-refractivity contribution is 5.85. The monoisotopic (exact) mass is 353 g/mol. The number of carbonyl (C=O) groups is 1. The molecule has 1 unspecified atom stereocenters. The van der Waals surface area contributed by atoms with Crippen molar-refractivity contribution in [3.8, 4) is 0 Å². The summed E-state index contributed by atoms with van der Waals surface area (Å²) in [5.74, 6) is -3.03. The molecule has 3 rings (SSSR count). The second-order valence-electron chi connectivity index (χ2n) is 7.26. The van der Waals surface area contributed by atoms with Gasteiger partial charge < -0.3 is 9.64 Å². The Labute approximate surface area is 147 Å². The Kier molecular flexibility index (Phi) is 5.06. The van der Waals surface area contributed by atoms with Crippen LogP contribution in [0.25, 0.3) is 0 Å². The Morgan fingerprint density at radius 1 is 1.32 bits per heavy atom. The number of piperidine rings is 1. The van der Waals surface area contributed by atoms with Crippen molar-refractivity contribution in [2.24, 2.45) is 5.41 Å². The molecule has 0 N–H and O–H groups in total. The maximum absolute atomic E-state index is 14.4. The molecule has 2 aliphatic heterocycles. The Morgan fingerprint density at radius 2 is 2.12 bits per heavy atom. The predicted molar refractivity (Wildman–Crippen MR) is 89.3 cm³/mol. The summed E-state index contributed by atoms with van der Waals surface area (Å²) in [5.41, 5.74) is 0.632. The van der Waals surface area contributed by atoms with Gasteiger partial charge in [0.25, 0.3) is 5.92 Å². The molecule has 25 heavy (non-hydrogen) atoms. The van der Waals surface area contributed by atoms with E-state index in [0.717, 1.165) is 11.4 Å². The largest absolute Gasteiger partial charge is 0.383 e.